The van der Waals surface area contributed by atoms with Crippen molar-refractivity contribution in [3.8, 4) is 5.75 Å². The van der Waals surface area contributed by atoms with E-state index in [2.05, 4.69) is 29.2 Å². The molecule has 0 fully saturated rings. The zero-order chi connectivity index (χ0) is 14.4. The van der Waals surface area contributed by atoms with Crippen LogP contribution in [0.25, 0.3) is 0 Å². The molecule has 20 heavy (non-hydrogen) atoms. The van der Waals surface area contributed by atoms with Crippen LogP contribution in [-0.4, -0.2) is 35.4 Å². The van der Waals surface area contributed by atoms with E-state index in [4.69, 9.17) is 16.3 Å². The number of aromatic nitrogens is 2. The molecule has 0 aliphatic heterocycles. The molecule has 0 aliphatic rings. The van der Waals surface area contributed by atoms with Crippen LogP contribution in [0.2, 0.25) is 5.02 Å². The Hall–Kier alpha value is -1.52. The van der Waals surface area contributed by atoms with Crippen molar-refractivity contribution in [3.63, 3.8) is 0 Å². The van der Waals surface area contributed by atoms with E-state index < -0.39 is 0 Å². The second-order valence-corrected chi connectivity index (χ2v) is 5.31. The molecule has 0 amide bonds. The Labute approximate surface area is 124 Å². The lowest BCUT2D eigenvalue weighted by Crippen LogP contribution is -2.23. The Morgan fingerprint density at radius 1 is 1.30 bits per heavy atom. The zero-order valence-corrected chi connectivity index (χ0v) is 12.7. The first-order chi connectivity index (χ1) is 9.67. The third-order valence-corrected chi connectivity index (χ3v) is 3.35. The summed E-state index contributed by atoms with van der Waals surface area (Å²) in [5.41, 5.74) is 1.33. The van der Waals surface area contributed by atoms with Crippen molar-refractivity contribution in [3.05, 3.63) is 47.2 Å². The van der Waals surface area contributed by atoms with Gasteiger partial charge in [-0.25, -0.2) is 0 Å². The summed E-state index contributed by atoms with van der Waals surface area (Å²) in [7, 11) is 3.77. The van der Waals surface area contributed by atoms with Crippen LogP contribution in [0.5, 0.6) is 5.75 Å². The molecule has 0 spiro atoms. The van der Waals surface area contributed by atoms with Gasteiger partial charge in [-0.15, -0.1) is 0 Å². The molecule has 0 saturated heterocycles. The summed E-state index contributed by atoms with van der Waals surface area (Å²) >= 11 is 5.84. The fourth-order valence-electron chi connectivity index (χ4n) is 2.08. The minimum atomic E-state index is 0.677. The van der Waals surface area contributed by atoms with E-state index in [1.54, 1.807) is 13.3 Å². The van der Waals surface area contributed by atoms with Gasteiger partial charge in [0.25, 0.3) is 0 Å². The minimum Gasteiger partial charge on any atom is -0.497 e. The van der Waals surface area contributed by atoms with E-state index in [9.17, 15) is 0 Å². The SMILES string of the molecule is COc1ccc(CCCN(C)Cn2cc(Cl)cn2)cc1. The van der Waals surface area contributed by atoms with Crippen molar-refractivity contribution < 1.29 is 4.74 Å². The van der Waals surface area contributed by atoms with E-state index in [0.29, 0.717) is 5.02 Å². The molecule has 0 unspecified atom stereocenters. The van der Waals surface area contributed by atoms with Gasteiger partial charge in [-0.05, 0) is 44.1 Å². The molecule has 2 aromatic rings. The maximum atomic E-state index is 5.84. The van der Waals surface area contributed by atoms with Gasteiger partial charge in [-0.3, -0.25) is 9.58 Å². The van der Waals surface area contributed by atoms with Gasteiger partial charge in [0.1, 0.15) is 5.75 Å². The maximum Gasteiger partial charge on any atom is 0.118 e. The Morgan fingerprint density at radius 3 is 2.65 bits per heavy atom. The molecule has 5 heteroatoms. The standard InChI is InChI=1S/C15H20ClN3O/c1-18(12-19-11-14(16)10-17-19)9-3-4-13-5-7-15(20-2)8-6-13/h5-8,10-11H,3-4,9,12H2,1-2H3. The van der Waals surface area contributed by atoms with Crippen LogP contribution in [0, 0.1) is 0 Å². The van der Waals surface area contributed by atoms with Crippen molar-refractivity contribution in [2.45, 2.75) is 19.5 Å². The second kappa shape index (κ2) is 7.31. The van der Waals surface area contributed by atoms with Gasteiger partial charge in [-0.1, -0.05) is 23.7 Å². The highest BCUT2D eigenvalue weighted by Crippen LogP contribution is 2.12. The molecule has 0 radical (unpaired) electrons. The van der Waals surface area contributed by atoms with Gasteiger partial charge in [-0.2, -0.15) is 5.10 Å². The van der Waals surface area contributed by atoms with Gasteiger partial charge >= 0.3 is 0 Å². The highest BCUT2D eigenvalue weighted by atomic mass is 35.5. The Balaban J connectivity index is 1.71. The number of benzene rings is 1. The van der Waals surface area contributed by atoms with Crippen LogP contribution < -0.4 is 4.74 Å². The summed E-state index contributed by atoms with van der Waals surface area (Å²) in [4.78, 5) is 2.23. The van der Waals surface area contributed by atoms with Crippen LogP contribution in [-0.2, 0) is 13.1 Å². The van der Waals surface area contributed by atoms with Crippen molar-refractivity contribution in [1.82, 2.24) is 14.7 Å². The fourth-order valence-corrected chi connectivity index (χ4v) is 2.24. The largest absolute Gasteiger partial charge is 0.497 e. The van der Waals surface area contributed by atoms with Gasteiger partial charge < -0.3 is 4.74 Å². The summed E-state index contributed by atoms with van der Waals surface area (Å²) in [6, 6.07) is 8.24. The molecule has 0 bridgehead atoms. The average molecular weight is 294 g/mol. The number of hydrogen-bond donors (Lipinski definition) is 0. The number of ether oxygens (including phenoxy) is 1. The van der Waals surface area contributed by atoms with Gasteiger partial charge in [0, 0.05) is 6.20 Å². The maximum absolute atomic E-state index is 5.84. The highest BCUT2D eigenvalue weighted by molar-refractivity contribution is 6.30. The average Bonchev–Trinajstić information content (AvgIpc) is 2.85. The van der Waals surface area contributed by atoms with Crippen molar-refractivity contribution in [2.75, 3.05) is 20.7 Å². The van der Waals surface area contributed by atoms with E-state index in [1.807, 2.05) is 23.0 Å². The van der Waals surface area contributed by atoms with E-state index >= 15 is 0 Å². The smallest absolute Gasteiger partial charge is 0.118 e. The van der Waals surface area contributed by atoms with E-state index in [1.165, 1.54) is 5.56 Å². The molecular formula is C15H20ClN3O. The van der Waals surface area contributed by atoms with E-state index in [-0.39, 0.29) is 0 Å². The van der Waals surface area contributed by atoms with Gasteiger partial charge in [0.15, 0.2) is 0 Å². The topological polar surface area (TPSA) is 30.3 Å². The highest BCUT2D eigenvalue weighted by Gasteiger charge is 2.02. The van der Waals surface area contributed by atoms with Crippen LogP contribution in [0.4, 0.5) is 0 Å². The number of halogens is 1. The van der Waals surface area contributed by atoms with Crippen molar-refractivity contribution >= 4 is 11.6 Å². The Bertz CT molecular complexity index is 524. The van der Waals surface area contributed by atoms with E-state index in [0.717, 1.165) is 31.8 Å². The van der Waals surface area contributed by atoms with Gasteiger partial charge in [0.05, 0.1) is 25.0 Å². The Kier molecular flexibility index (Phi) is 5.44. The minimum absolute atomic E-state index is 0.677. The summed E-state index contributed by atoms with van der Waals surface area (Å²) in [5.74, 6) is 0.904. The van der Waals surface area contributed by atoms with Crippen LogP contribution in [0.1, 0.15) is 12.0 Å². The molecule has 4 nitrogen and oxygen atoms in total. The third kappa shape index (κ3) is 4.54. The summed E-state index contributed by atoms with van der Waals surface area (Å²) in [6.45, 7) is 1.78. The fraction of sp³-hybridized carbons (Fsp3) is 0.400. The first-order valence-corrected chi connectivity index (χ1v) is 7.04. The predicted octanol–water partition coefficient (Wildman–Crippen LogP) is 3.07. The molecule has 0 N–H and O–H groups in total. The van der Waals surface area contributed by atoms with Gasteiger partial charge in [0.2, 0.25) is 0 Å². The number of methoxy groups -OCH3 is 1. The molecule has 0 aliphatic carbocycles. The normalized spacial score (nSPS) is 11.0. The summed E-state index contributed by atoms with van der Waals surface area (Å²) < 4.78 is 6.99. The number of rotatable bonds is 7. The molecule has 1 heterocycles. The molecule has 1 aromatic heterocycles. The third-order valence-electron chi connectivity index (χ3n) is 3.15. The summed E-state index contributed by atoms with van der Waals surface area (Å²) in [6.07, 6.45) is 5.67. The van der Waals surface area contributed by atoms with Crippen molar-refractivity contribution in [1.29, 1.82) is 0 Å². The lowest BCUT2D eigenvalue weighted by atomic mass is 10.1. The first-order valence-electron chi connectivity index (χ1n) is 6.67. The van der Waals surface area contributed by atoms with Crippen LogP contribution in [0.15, 0.2) is 36.7 Å². The quantitative estimate of drug-likeness (QED) is 0.786. The first kappa shape index (κ1) is 14.9. The lowest BCUT2D eigenvalue weighted by molar-refractivity contribution is 0.251. The number of hydrogen-bond acceptors (Lipinski definition) is 3. The molecule has 2 rings (SSSR count). The zero-order valence-electron chi connectivity index (χ0n) is 11.9. The Morgan fingerprint density at radius 2 is 2.05 bits per heavy atom. The van der Waals surface area contributed by atoms with Crippen molar-refractivity contribution in [2.24, 2.45) is 0 Å². The number of nitrogens with zero attached hydrogens (tertiary/aromatic N) is 3. The molecule has 0 atom stereocenters. The monoisotopic (exact) mass is 293 g/mol. The molecule has 108 valence electrons. The molecule has 1 aromatic carbocycles. The molecule has 0 saturated carbocycles. The van der Waals surface area contributed by atoms with Crippen LogP contribution in [0.3, 0.4) is 0 Å². The lowest BCUT2D eigenvalue weighted by Gasteiger charge is -2.16. The van der Waals surface area contributed by atoms with Crippen LogP contribution >= 0.6 is 11.6 Å². The predicted molar refractivity (Wildman–Crippen MR) is 81.2 cm³/mol. The molecular weight excluding hydrogens is 274 g/mol. The second-order valence-electron chi connectivity index (χ2n) is 4.87. The summed E-state index contributed by atoms with van der Waals surface area (Å²) in [5, 5.41) is 4.85. The number of aryl methyl sites for hydroxylation is 1.